The molecule has 1 unspecified atom stereocenters. The van der Waals surface area contributed by atoms with Gasteiger partial charge in [-0.2, -0.15) is 11.3 Å². The number of rotatable bonds is 2. The minimum absolute atomic E-state index is 0.0367. The molecule has 0 aliphatic rings. The van der Waals surface area contributed by atoms with Crippen LogP contribution in [0.1, 0.15) is 22.7 Å². The topological polar surface area (TPSA) is 26.0 Å². The fourth-order valence-corrected chi connectivity index (χ4v) is 2.52. The molecule has 17 heavy (non-hydrogen) atoms. The first-order valence-electron chi connectivity index (χ1n) is 4.93. The van der Waals surface area contributed by atoms with Crippen molar-refractivity contribution in [1.82, 2.24) is 0 Å². The Balaban J connectivity index is 2.48. The van der Waals surface area contributed by atoms with Crippen LogP contribution in [0, 0.1) is 24.4 Å². The summed E-state index contributed by atoms with van der Waals surface area (Å²) in [7, 11) is 0. The summed E-state index contributed by atoms with van der Waals surface area (Å²) < 4.78 is 39.4. The molecule has 1 aromatic heterocycles. The molecule has 1 heterocycles. The zero-order valence-corrected chi connectivity index (χ0v) is 9.82. The number of nitrogens with two attached hydrogens (primary N) is 1. The van der Waals surface area contributed by atoms with Gasteiger partial charge in [-0.05, 0) is 34.9 Å². The van der Waals surface area contributed by atoms with E-state index in [1.165, 1.54) is 11.3 Å². The van der Waals surface area contributed by atoms with Crippen LogP contribution in [-0.2, 0) is 0 Å². The number of benzene rings is 1. The van der Waals surface area contributed by atoms with Crippen LogP contribution in [0.15, 0.2) is 22.9 Å². The van der Waals surface area contributed by atoms with Crippen molar-refractivity contribution in [3.63, 3.8) is 0 Å². The predicted molar refractivity (Wildman–Crippen MR) is 61.4 cm³/mol. The molecule has 0 aliphatic heterocycles. The summed E-state index contributed by atoms with van der Waals surface area (Å²) in [4.78, 5) is 0. The smallest absolute Gasteiger partial charge is 0.161 e. The van der Waals surface area contributed by atoms with E-state index in [4.69, 9.17) is 5.73 Å². The van der Waals surface area contributed by atoms with Gasteiger partial charge in [0.15, 0.2) is 11.6 Å². The lowest BCUT2D eigenvalue weighted by molar-refractivity contribution is 0.487. The van der Waals surface area contributed by atoms with Gasteiger partial charge in [0.2, 0.25) is 0 Å². The minimum atomic E-state index is -1.21. The Labute approximate surface area is 101 Å². The monoisotopic (exact) mass is 257 g/mol. The van der Waals surface area contributed by atoms with Crippen molar-refractivity contribution < 1.29 is 13.2 Å². The molecular formula is C12H10F3NS. The van der Waals surface area contributed by atoms with Gasteiger partial charge in [0, 0.05) is 11.6 Å². The Kier molecular flexibility index (Phi) is 3.22. The molecule has 5 heteroatoms. The maximum Gasteiger partial charge on any atom is 0.161 e. The molecule has 0 spiro atoms. The third kappa shape index (κ3) is 2.21. The average Bonchev–Trinajstić information content (AvgIpc) is 2.69. The molecule has 2 rings (SSSR count). The highest BCUT2D eigenvalue weighted by Gasteiger charge is 2.19. The highest BCUT2D eigenvalue weighted by Crippen LogP contribution is 2.28. The number of aryl methyl sites for hydroxylation is 1. The molecule has 0 aliphatic carbocycles. The predicted octanol–water partition coefficient (Wildman–Crippen LogP) is 3.52. The van der Waals surface area contributed by atoms with Crippen molar-refractivity contribution in [2.24, 2.45) is 5.73 Å². The largest absolute Gasteiger partial charge is 0.320 e. The van der Waals surface area contributed by atoms with Gasteiger partial charge in [0.1, 0.15) is 5.82 Å². The van der Waals surface area contributed by atoms with Crippen LogP contribution in [-0.4, -0.2) is 0 Å². The Hall–Kier alpha value is -1.33. The molecule has 1 atom stereocenters. The highest BCUT2D eigenvalue weighted by atomic mass is 32.1. The van der Waals surface area contributed by atoms with E-state index in [-0.39, 0.29) is 5.56 Å². The lowest BCUT2D eigenvalue weighted by Gasteiger charge is -2.13. The summed E-state index contributed by atoms with van der Waals surface area (Å²) in [6.07, 6.45) is 0. The Bertz CT molecular complexity index is 551. The molecule has 0 radical (unpaired) electrons. The van der Waals surface area contributed by atoms with Crippen LogP contribution >= 0.6 is 11.3 Å². The standard InChI is InChI=1S/C12H10F3NS/c1-6-4-17-5-8(6)12(16)7-2-10(14)11(15)3-9(7)13/h2-5,12H,16H2,1H3. The molecule has 0 fully saturated rings. The van der Waals surface area contributed by atoms with Crippen LogP contribution in [0.3, 0.4) is 0 Å². The maximum absolute atomic E-state index is 13.5. The third-order valence-corrected chi connectivity index (χ3v) is 3.48. The van der Waals surface area contributed by atoms with E-state index in [0.717, 1.165) is 17.2 Å². The quantitative estimate of drug-likeness (QED) is 0.818. The zero-order valence-electron chi connectivity index (χ0n) is 9.01. The van der Waals surface area contributed by atoms with E-state index in [9.17, 15) is 13.2 Å². The van der Waals surface area contributed by atoms with Crippen molar-refractivity contribution in [2.45, 2.75) is 13.0 Å². The van der Waals surface area contributed by atoms with Crippen molar-refractivity contribution >= 4 is 11.3 Å². The summed E-state index contributed by atoms with van der Waals surface area (Å²) in [6, 6.07) is 0.551. The van der Waals surface area contributed by atoms with Crippen molar-refractivity contribution in [1.29, 1.82) is 0 Å². The maximum atomic E-state index is 13.5. The van der Waals surface area contributed by atoms with Gasteiger partial charge in [-0.1, -0.05) is 0 Å². The van der Waals surface area contributed by atoms with Gasteiger partial charge in [-0.3, -0.25) is 0 Å². The summed E-state index contributed by atoms with van der Waals surface area (Å²) in [6.45, 7) is 1.84. The minimum Gasteiger partial charge on any atom is -0.320 e. The van der Waals surface area contributed by atoms with E-state index in [2.05, 4.69) is 0 Å². The van der Waals surface area contributed by atoms with E-state index in [1.54, 1.807) is 5.38 Å². The lowest BCUT2D eigenvalue weighted by Crippen LogP contribution is -2.14. The van der Waals surface area contributed by atoms with Gasteiger partial charge in [-0.25, -0.2) is 13.2 Å². The number of hydrogen-bond acceptors (Lipinski definition) is 2. The fourth-order valence-electron chi connectivity index (χ4n) is 1.63. The summed E-state index contributed by atoms with van der Waals surface area (Å²) in [5.41, 5.74) is 7.45. The number of thiophene rings is 1. The fraction of sp³-hybridized carbons (Fsp3) is 0.167. The van der Waals surface area contributed by atoms with Crippen LogP contribution in [0.25, 0.3) is 0 Å². The Morgan fingerprint density at radius 3 is 2.24 bits per heavy atom. The van der Waals surface area contributed by atoms with Crippen molar-refractivity contribution in [3.8, 4) is 0 Å². The highest BCUT2D eigenvalue weighted by molar-refractivity contribution is 7.08. The first-order valence-corrected chi connectivity index (χ1v) is 5.87. The molecule has 0 saturated carbocycles. The van der Waals surface area contributed by atoms with E-state index in [0.29, 0.717) is 6.07 Å². The van der Waals surface area contributed by atoms with E-state index < -0.39 is 23.5 Å². The van der Waals surface area contributed by atoms with Gasteiger partial charge in [-0.15, -0.1) is 0 Å². The Morgan fingerprint density at radius 2 is 1.65 bits per heavy atom. The molecule has 0 bridgehead atoms. The Morgan fingerprint density at radius 1 is 1.00 bits per heavy atom. The normalized spacial score (nSPS) is 12.8. The van der Waals surface area contributed by atoms with Crippen LogP contribution in [0.4, 0.5) is 13.2 Å². The summed E-state index contributed by atoms with van der Waals surface area (Å²) in [5.74, 6) is -3.13. The second-order valence-electron chi connectivity index (χ2n) is 3.78. The lowest BCUT2D eigenvalue weighted by atomic mass is 9.99. The molecule has 2 aromatic rings. The molecule has 0 amide bonds. The van der Waals surface area contributed by atoms with Gasteiger partial charge in [0.25, 0.3) is 0 Å². The van der Waals surface area contributed by atoms with E-state index in [1.807, 2.05) is 12.3 Å². The third-order valence-electron chi connectivity index (χ3n) is 2.60. The second-order valence-corrected chi connectivity index (χ2v) is 4.52. The first kappa shape index (κ1) is 12.1. The molecule has 1 nitrogen and oxygen atoms in total. The molecular weight excluding hydrogens is 247 g/mol. The zero-order chi connectivity index (χ0) is 12.6. The van der Waals surface area contributed by atoms with Gasteiger partial charge >= 0.3 is 0 Å². The number of hydrogen-bond donors (Lipinski definition) is 1. The molecule has 2 N–H and O–H groups in total. The summed E-state index contributed by atoms with van der Waals surface area (Å²) >= 11 is 1.43. The molecule has 90 valence electrons. The number of halogens is 3. The van der Waals surface area contributed by atoms with E-state index >= 15 is 0 Å². The molecule has 0 saturated heterocycles. The first-order chi connectivity index (χ1) is 8.00. The molecule has 1 aromatic carbocycles. The SMILES string of the molecule is Cc1cscc1C(N)c1cc(F)c(F)cc1F. The van der Waals surface area contributed by atoms with Crippen LogP contribution in [0.2, 0.25) is 0 Å². The average molecular weight is 257 g/mol. The summed E-state index contributed by atoms with van der Waals surface area (Å²) in [5, 5.41) is 3.65. The van der Waals surface area contributed by atoms with Gasteiger partial charge < -0.3 is 5.73 Å². The van der Waals surface area contributed by atoms with Crippen LogP contribution in [0.5, 0.6) is 0 Å². The van der Waals surface area contributed by atoms with Crippen molar-refractivity contribution in [3.05, 3.63) is 57.0 Å². The van der Waals surface area contributed by atoms with Crippen LogP contribution < -0.4 is 5.73 Å². The van der Waals surface area contributed by atoms with Crippen molar-refractivity contribution in [2.75, 3.05) is 0 Å². The van der Waals surface area contributed by atoms with Gasteiger partial charge in [0.05, 0.1) is 6.04 Å². The second kappa shape index (κ2) is 4.50.